The number of likely N-dealkylation sites (tertiary alicyclic amines) is 1. The average molecular weight is 482 g/mol. The Bertz CT molecular complexity index is 1000. The zero-order valence-corrected chi connectivity index (χ0v) is 19.3. The second-order valence-electron chi connectivity index (χ2n) is 8.28. The van der Waals surface area contributed by atoms with Gasteiger partial charge in [0.2, 0.25) is 5.91 Å². The van der Waals surface area contributed by atoms with Gasteiger partial charge in [-0.2, -0.15) is 0 Å². The summed E-state index contributed by atoms with van der Waals surface area (Å²) in [5.41, 5.74) is 6.49. The highest BCUT2D eigenvalue weighted by atomic mass is 32.2. The summed E-state index contributed by atoms with van der Waals surface area (Å²) < 4.78 is 0.774. The number of likely N-dealkylation sites (N-methyl/N-ethyl adjacent to an activating group) is 1. The minimum atomic E-state index is -1.06. The first kappa shape index (κ1) is 22.6. The first-order chi connectivity index (χ1) is 15.2. The first-order valence-corrected chi connectivity index (χ1v) is 11.9. The minimum absolute atomic E-state index is 0.106. The molecular weight excluding hydrogens is 456 g/mol. The molecule has 1 unspecified atom stereocenters. The third-order valence-electron chi connectivity index (χ3n) is 5.96. The van der Waals surface area contributed by atoms with E-state index in [4.69, 9.17) is 10.6 Å². The topological polar surface area (TPSA) is 147 Å². The molecule has 4 heterocycles. The van der Waals surface area contributed by atoms with Gasteiger partial charge in [0, 0.05) is 23.8 Å². The smallest absolute Gasteiger partial charge is 0.331 e. The zero-order valence-electron chi connectivity index (χ0n) is 17.7. The van der Waals surface area contributed by atoms with E-state index in [-0.39, 0.29) is 16.5 Å². The number of fused-ring (bicyclic) bond motifs is 1. The number of thioether (sulfide) groups is 1. The highest BCUT2D eigenvalue weighted by Crippen LogP contribution is 2.41. The van der Waals surface area contributed by atoms with Gasteiger partial charge in [0.05, 0.1) is 20.1 Å². The molecule has 4 N–H and O–H groups in total. The van der Waals surface area contributed by atoms with Crippen LogP contribution in [0.5, 0.6) is 0 Å². The van der Waals surface area contributed by atoms with Crippen molar-refractivity contribution in [3.63, 3.8) is 0 Å². The van der Waals surface area contributed by atoms with Crippen molar-refractivity contribution in [1.29, 1.82) is 0 Å². The van der Waals surface area contributed by atoms with Gasteiger partial charge in [0.15, 0.2) is 16.9 Å². The standard InChI is InChI=1S/C19H24N6O5S2/c1-25(5-3-4-6-25)7-10-8-31-17-13(16(27)24(17)14(10)18(28)29)22-15(26)12(23-30-2)11-9-32-19(20)21-11/h8-9,13-14,17H,3-7H2,1-2H3,(H3-,20,21,22,26,28,29)/p+1/b23-12-/t13-,14?,17-/m0/s1. The number of hydrogen-bond donors (Lipinski definition) is 3. The Morgan fingerprint density at radius 3 is 2.75 bits per heavy atom. The molecule has 0 saturated carbocycles. The van der Waals surface area contributed by atoms with Crippen LogP contribution in [-0.2, 0) is 19.2 Å². The van der Waals surface area contributed by atoms with Crippen LogP contribution < -0.4 is 11.1 Å². The number of nitrogens with one attached hydrogen (secondary N) is 1. The molecule has 0 spiro atoms. The number of nitrogen functional groups attached to an aromatic ring is 1. The van der Waals surface area contributed by atoms with E-state index in [0.29, 0.717) is 6.54 Å². The maximum atomic E-state index is 12.9. The van der Waals surface area contributed by atoms with E-state index in [1.54, 1.807) is 5.38 Å². The second-order valence-corrected chi connectivity index (χ2v) is 10.2. The highest BCUT2D eigenvalue weighted by molar-refractivity contribution is 8.03. The number of β-lactam (4-membered cyclic amide) rings is 1. The Morgan fingerprint density at radius 2 is 2.16 bits per heavy atom. The summed E-state index contributed by atoms with van der Waals surface area (Å²) in [5, 5.41) is 19.4. The lowest BCUT2D eigenvalue weighted by Gasteiger charge is -2.51. The molecule has 1 aromatic heterocycles. The van der Waals surface area contributed by atoms with Crippen LogP contribution in [0.2, 0.25) is 0 Å². The zero-order chi connectivity index (χ0) is 23.0. The van der Waals surface area contributed by atoms with Crippen molar-refractivity contribution in [2.75, 3.05) is 39.5 Å². The van der Waals surface area contributed by atoms with Crippen molar-refractivity contribution in [3.05, 3.63) is 22.1 Å². The third-order valence-corrected chi connectivity index (χ3v) is 7.85. The number of carboxylic acids is 1. The van der Waals surface area contributed by atoms with Gasteiger partial charge in [0.25, 0.3) is 5.91 Å². The molecular formula is C19H25N6O5S2+. The molecule has 0 aliphatic carbocycles. The number of thiazole rings is 1. The van der Waals surface area contributed by atoms with Crippen LogP contribution in [-0.4, -0.2) is 94.2 Å². The summed E-state index contributed by atoms with van der Waals surface area (Å²) in [6.07, 6.45) is 2.23. The number of oxime groups is 1. The number of aromatic nitrogens is 1. The van der Waals surface area contributed by atoms with E-state index >= 15 is 0 Å². The Morgan fingerprint density at radius 1 is 1.44 bits per heavy atom. The Kier molecular flexibility index (Phi) is 6.14. The van der Waals surface area contributed by atoms with Gasteiger partial charge < -0.3 is 30.4 Å². The quantitative estimate of drug-likeness (QED) is 0.214. The molecule has 3 aliphatic heterocycles. The van der Waals surface area contributed by atoms with Crippen molar-refractivity contribution in [3.8, 4) is 0 Å². The molecule has 3 aliphatic rings. The Labute approximate surface area is 192 Å². The molecule has 2 fully saturated rings. The summed E-state index contributed by atoms with van der Waals surface area (Å²) in [5.74, 6) is -2.15. The van der Waals surface area contributed by atoms with E-state index in [2.05, 4.69) is 22.5 Å². The molecule has 3 atom stereocenters. The average Bonchev–Trinajstić information content (AvgIpc) is 3.37. The summed E-state index contributed by atoms with van der Waals surface area (Å²) in [7, 11) is 3.41. The van der Waals surface area contributed by atoms with Gasteiger partial charge in [0.1, 0.15) is 30.8 Å². The maximum Gasteiger partial charge on any atom is 0.331 e. The van der Waals surface area contributed by atoms with Crippen LogP contribution in [0.25, 0.3) is 0 Å². The molecule has 4 rings (SSSR count). The predicted octanol–water partition coefficient (Wildman–Crippen LogP) is 0.0532. The van der Waals surface area contributed by atoms with Gasteiger partial charge in [-0.1, -0.05) is 5.16 Å². The number of carboxylic acid groups (broad SMARTS) is 1. The number of rotatable bonds is 7. The third kappa shape index (κ3) is 4.07. The lowest BCUT2D eigenvalue weighted by Crippen LogP contribution is -2.74. The van der Waals surface area contributed by atoms with Gasteiger partial charge in [-0.15, -0.1) is 23.1 Å². The number of quaternary nitrogens is 1. The van der Waals surface area contributed by atoms with Crippen molar-refractivity contribution in [2.45, 2.75) is 30.3 Å². The number of carbonyl (C=O) groups is 3. The normalized spacial score (nSPS) is 26.8. The fourth-order valence-corrected chi connectivity index (χ4v) is 6.20. The van der Waals surface area contributed by atoms with Crippen molar-refractivity contribution >= 4 is 51.7 Å². The molecule has 0 aromatic carbocycles. The number of carbonyl (C=O) groups excluding carboxylic acids is 2. The van der Waals surface area contributed by atoms with Crippen LogP contribution in [0, 0.1) is 0 Å². The summed E-state index contributed by atoms with van der Waals surface area (Å²) in [6, 6.07) is -1.90. The Balaban J connectivity index is 1.51. The van der Waals surface area contributed by atoms with Crippen molar-refractivity contribution in [1.82, 2.24) is 15.2 Å². The minimum Gasteiger partial charge on any atom is -0.479 e. The fourth-order valence-electron chi connectivity index (χ4n) is 4.44. The van der Waals surface area contributed by atoms with Crippen molar-refractivity contribution < 1.29 is 28.8 Å². The van der Waals surface area contributed by atoms with Crippen LogP contribution in [0.15, 0.2) is 21.5 Å². The largest absolute Gasteiger partial charge is 0.479 e. The first-order valence-electron chi connectivity index (χ1n) is 10.1. The van der Waals surface area contributed by atoms with Gasteiger partial charge in [-0.25, -0.2) is 9.78 Å². The van der Waals surface area contributed by atoms with Gasteiger partial charge in [-0.3, -0.25) is 9.59 Å². The molecule has 0 bridgehead atoms. The van der Waals surface area contributed by atoms with E-state index in [1.807, 2.05) is 5.41 Å². The molecule has 11 nitrogen and oxygen atoms in total. The van der Waals surface area contributed by atoms with Crippen LogP contribution >= 0.6 is 23.1 Å². The molecule has 172 valence electrons. The predicted molar refractivity (Wildman–Crippen MR) is 120 cm³/mol. The molecule has 13 heteroatoms. The fraction of sp³-hybridized carbons (Fsp3) is 0.526. The number of aliphatic carboxylic acids is 1. The monoisotopic (exact) mass is 481 g/mol. The van der Waals surface area contributed by atoms with Crippen molar-refractivity contribution in [2.24, 2.45) is 5.16 Å². The molecule has 0 radical (unpaired) electrons. The SMILES string of the molecule is CO/N=C(\C(=O)N[C@H]1C(=O)N2C(C(=O)O)C(C[N+]3(C)CCCC3)=CS[C@@H]12)c1csc(N)n1. The van der Waals surface area contributed by atoms with Crippen LogP contribution in [0.1, 0.15) is 18.5 Å². The maximum absolute atomic E-state index is 12.9. The number of amides is 2. The molecule has 32 heavy (non-hydrogen) atoms. The van der Waals surface area contributed by atoms with Crippen LogP contribution in [0.3, 0.4) is 0 Å². The second kappa shape index (κ2) is 8.71. The lowest BCUT2D eigenvalue weighted by molar-refractivity contribution is -0.893. The molecule has 1 aromatic rings. The number of anilines is 1. The van der Waals surface area contributed by atoms with E-state index in [1.165, 1.54) is 23.8 Å². The summed E-state index contributed by atoms with van der Waals surface area (Å²) in [6.45, 7) is 2.58. The summed E-state index contributed by atoms with van der Waals surface area (Å²) >= 11 is 2.50. The lowest BCUT2D eigenvalue weighted by atomic mass is 9.97. The molecule has 2 saturated heterocycles. The summed E-state index contributed by atoms with van der Waals surface area (Å²) in [4.78, 5) is 48.0. The highest BCUT2D eigenvalue weighted by Gasteiger charge is 2.56. The number of nitrogens with two attached hydrogens (primary N) is 1. The van der Waals surface area contributed by atoms with E-state index in [9.17, 15) is 19.5 Å². The Hall–Kier alpha value is -2.64. The molecule has 2 amide bonds. The van der Waals surface area contributed by atoms with Gasteiger partial charge in [-0.05, 0) is 5.41 Å². The van der Waals surface area contributed by atoms with Gasteiger partial charge >= 0.3 is 5.97 Å². The van der Waals surface area contributed by atoms with E-state index in [0.717, 1.165) is 47.3 Å². The van der Waals surface area contributed by atoms with E-state index < -0.39 is 35.2 Å². The number of nitrogens with zero attached hydrogens (tertiary/aromatic N) is 4. The van der Waals surface area contributed by atoms with Crippen LogP contribution in [0.4, 0.5) is 5.13 Å². The number of hydrogen-bond acceptors (Lipinski definition) is 9.